The first-order chi connectivity index (χ1) is 9.95. The maximum absolute atomic E-state index is 12.7. The van der Waals surface area contributed by atoms with Crippen molar-refractivity contribution < 1.29 is 18.1 Å². The van der Waals surface area contributed by atoms with Gasteiger partial charge in [-0.25, -0.2) is 8.78 Å². The molecule has 112 valence electrons. The molecule has 2 rings (SSSR count). The van der Waals surface area contributed by atoms with E-state index in [2.05, 4.69) is 5.16 Å². The fraction of sp³-hybridized carbons (Fsp3) is 0.286. The SMILES string of the molecule is Cc1cc(CC(=O)N(CC(F)F)c2cccc(Cl)c2)no1. The molecule has 0 fully saturated rings. The number of carbonyl (C=O) groups excluding carboxylic acids is 1. The van der Waals surface area contributed by atoms with Crippen molar-refractivity contribution in [3.63, 3.8) is 0 Å². The number of nitrogens with zero attached hydrogens (tertiary/aromatic N) is 2. The Morgan fingerprint density at radius 2 is 2.19 bits per heavy atom. The second-order valence-electron chi connectivity index (χ2n) is 4.48. The molecule has 1 aromatic carbocycles. The molecule has 0 aliphatic rings. The van der Waals surface area contributed by atoms with Crippen molar-refractivity contribution in [2.24, 2.45) is 0 Å². The van der Waals surface area contributed by atoms with Crippen LogP contribution in [0.25, 0.3) is 0 Å². The molecule has 0 spiro atoms. The van der Waals surface area contributed by atoms with Crippen molar-refractivity contribution in [1.82, 2.24) is 5.16 Å². The Kier molecular flexibility index (Phi) is 4.90. The summed E-state index contributed by atoms with van der Waals surface area (Å²) in [5, 5.41) is 4.06. The van der Waals surface area contributed by atoms with Gasteiger partial charge in [0.1, 0.15) is 5.76 Å². The summed E-state index contributed by atoms with van der Waals surface area (Å²) in [7, 11) is 0. The first-order valence-corrected chi connectivity index (χ1v) is 6.60. The van der Waals surface area contributed by atoms with Crippen LogP contribution >= 0.6 is 11.6 Å². The summed E-state index contributed by atoms with van der Waals surface area (Å²) in [5.41, 5.74) is 0.729. The molecule has 7 heteroatoms. The van der Waals surface area contributed by atoms with E-state index in [9.17, 15) is 13.6 Å². The normalized spacial score (nSPS) is 10.9. The van der Waals surface area contributed by atoms with E-state index in [1.165, 1.54) is 6.07 Å². The molecule has 1 amide bonds. The second kappa shape index (κ2) is 6.67. The van der Waals surface area contributed by atoms with E-state index in [0.717, 1.165) is 4.90 Å². The minimum Gasteiger partial charge on any atom is -0.361 e. The number of hydrogen-bond acceptors (Lipinski definition) is 3. The van der Waals surface area contributed by atoms with Gasteiger partial charge in [-0.05, 0) is 25.1 Å². The van der Waals surface area contributed by atoms with Gasteiger partial charge in [-0.1, -0.05) is 22.8 Å². The summed E-state index contributed by atoms with van der Waals surface area (Å²) in [6, 6.07) is 7.83. The van der Waals surface area contributed by atoms with Gasteiger partial charge in [0, 0.05) is 16.8 Å². The fourth-order valence-corrected chi connectivity index (χ4v) is 2.07. The van der Waals surface area contributed by atoms with Crippen molar-refractivity contribution in [3.8, 4) is 0 Å². The van der Waals surface area contributed by atoms with E-state index in [1.807, 2.05) is 0 Å². The molecule has 0 bridgehead atoms. The van der Waals surface area contributed by atoms with Crippen molar-refractivity contribution in [2.45, 2.75) is 19.8 Å². The second-order valence-corrected chi connectivity index (χ2v) is 4.92. The summed E-state index contributed by atoms with van der Waals surface area (Å²) < 4.78 is 30.3. The maximum atomic E-state index is 12.7. The van der Waals surface area contributed by atoms with Crippen molar-refractivity contribution >= 4 is 23.2 Å². The van der Waals surface area contributed by atoms with Gasteiger partial charge in [-0.15, -0.1) is 0 Å². The van der Waals surface area contributed by atoms with Gasteiger partial charge in [0.2, 0.25) is 5.91 Å². The Morgan fingerprint density at radius 1 is 1.43 bits per heavy atom. The first-order valence-electron chi connectivity index (χ1n) is 6.22. The zero-order valence-corrected chi connectivity index (χ0v) is 12.0. The monoisotopic (exact) mass is 314 g/mol. The quantitative estimate of drug-likeness (QED) is 0.849. The van der Waals surface area contributed by atoms with Gasteiger partial charge in [0.25, 0.3) is 6.43 Å². The third-order valence-electron chi connectivity index (χ3n) is 2.75. The third-order valence-corrected chi connectivity index (χ3v) is 2.99. The van der Waals surface area contributed by atoms with Gasteiger partial charge in [0.15, 0.2) is 0 Å². The smallest absolute Gasteiger partial charge is 0.256 e. The molecule has 4 nitrogen and oxygen atoms in total. The Hall–Kier alpha value is -1.95. The largest absolute Gasteiger partial charge is 0.361 e. The summed E-state index contributed by atoms with van der Waals surface area (Å²) in [6.07, 6.45) is -2.76. The Morgan fingerprint density at radius 3 is 2.76 bits per heavy atom. The van der Waals surface area contributed by atoms with Crippen LogP contribution in [0.1, 0.15) is 11.5 Å². The lowest BCUT2D eigenvalue weighted by molar-refractivity contribution is -0.118. The van der Waals surface area contributed by atoms with E-state index in [4.69, 9.17) is 16.1 Å². The van der Waals surface area contributed by atoms with E-state index in [-0.39, 0.29) is 6.42 Å². The van der Waals surface area contributed by atoms with Crippen LogP contribution in [-0.2, 0) is 11.2 Å². The van der Waals surface area contributed by atoms with Crippen LogP contribution in [0.2, 0.25) is 5.02 Å². The minimum absolute atomic E-state index is 0.115. The number of halogens is 3. The number of aryl methyl sites for hydroxylation is 1. The number of carbonyl (C=O) groups is 1. The number of rotatable bonds is 5. The van der Waals surface area contributed by atoms with Crippen molar-refractivity contribution in [1.29, 1.82) is 0 Å². The highest BCUT2D eigenvalue weighted by atomic mass is 35.5. The van der Waals surface area contributed by atoms with Crippen LogP contribution in [0.4, 0.5) is 14.5 Å². The zero-order chi connectivity index (χ0) is 15.4. The van der Waals surface area contributed by atoms with Crippen LogP contribution < -0.4 is 4.90 Å². The molecule has 0 saturated heterocycles. The minimum atomic E-state index is -2.65. The fourth-order valence-electron chi connectivity index (χ4n) is 1.88. The topological polar surface area (TPSA) is 46.3 Å². The molecular weight excluding hydrogens is 302 g/mol. The average molecular weight is 315 g/mol. The van der Waals surface area contributed by atoms with Crippen LogP contribution in [0.15, 0.2) is 34.9 Å². The molecule has 0 aliphatic carbocycles. The first kappa shape index (κ1) is 15.4. The lowest BCUT2D eigenvalue weighted by Gasteiger charge is -2.22. The number of hydrogen-bond donors (Lipinski definition) is 0. The van der Waals surface area contributed by atoms with Crippen LogP contribution in [-0.4, -0.2) is 24.0 Å². The van der Waals surface area contributed by atoms with Gasteiger partial charge >= 0.3 is 0 Å². The van der Waals surface area contributed by atoms with Crippen molar-refractivity contribution in [3.05, 3.63) is 46.8 Å². The van der Waals surface area contributed by atoms with Crippen LogP contribution in [0.3, 0.4) is 0 Å². The number of amides is 1. The molecule has 2 aromatic rings. The van der Waals surface area contributed by atoms with E-state index in [0.29, 0.717) is 22.2 Å². The van der Waals surface area contributed by atoms with Crippen molar-refractivity contribution in [2.75, 3.05) is 11.4 Å². The van der Waals surface area contributed by atoms with Crippen LogP contribution in [0, 0.1) is 6.92 Å². The molecule has 0 aliphatic heterocycles. The van der Waals surface area contributed by atoms with E-state index in [1.54, 1.807) is 31.2 Å². The molecule has 0 saturated carbocycles. The zero-order valence-electron chi connectivity index (χ0n) is 11.2. The molecule has 0 atom stereocenters. The maximum Gasteiger partial charge on any atom is 0.256 e. The van der Waals surface area contributed by atoms with Gasteiger partial charge in [-0.3, -0.25) is 4.79 Å². The molecular formula is C14H13ClF2N2O2. The molecule has 1 aromatic heterocycles. The van der Waals surface area contributed by atoms with Crippen LogP contribution in [0.5, 0.6) is 0 Å². The lowest BCUT2D eigenvalue weighted by Crippen LogP contribution is -2.36. The number of benzene rings is 1. The molecule has 0 N–H and O–H groups in total. The Labute approximate surface area is 125 Å². The number of alkyl halides is 2. The lowest BCUT2D eigenvalue weighted by atomic mass is 10.2. The highest BCUT2D eigenvalue weighted by molar-refractivity contribution is 6.30. The molecule has 1 heterocycles. The average Bonchev–Trinajstić information content (AvgIpc) is 2.81. The highest BCUT2D eigenvalue weighted by Gasteiger charge is 2.21. The summed E-state index contributed by atoms with van der Waals surface area (Å²) in [4.78, 5) is 13.2. The molecule has 21 heavy (non-hydrogen) atoms. The van der Waals surface area contributed by atoms with Gasteiger partial charge in [-0.2, -0.15) is 0 Å². The van der Waals surface area contributed by atoms with E-state index < -0.39 is 18.9 Å². The summed E-state index contributed by atoms with van der Waals surface area (Å²) in [5.74, 6) is 0.0619. The third kappa shape index (κ3) is 4.26. The Bertz CT molecular complexity index is 631. The Balaban J connectivity index is 2.21. The predicted molar refractivity (Wildman–Crippen MR) is 74.8 cm³/mol. The van der Waals surface area contributed by atoms with Gasteiger partial charge in [0.05, 0.1) is 18.7 Å². The standard InChI is InChI=1S/C14H13ClF2N2O2/c1-9-5-11(18-21-9)7-14(20)19(8-13(16)17)12-4-2-3-10(15)6-12/h2-6,13H,7-8H2,1H3. The predicted octanol–water partition coefficient (Wildman–Crippen LogP) is 3.48. The summed E-state index contributed by atoms with van der Waals surface area (Å²) in [6.45, 7) is 0.991. The number of aromatic nitrogens is 1. The summed E-state index contributed by atoms with van der Waals surface area (Å²) >= 11 is 5.84. The van der Waals surface area contributed by atoms with Gasteiger partial charge < -0.3 is 9.42 Å². The molecule has 0 radical (unpaired) electrons. The molecule has 0 unspecified atom stereocenters. The highest BCUT2D eigenvalue weighted by Crippen LogP contribution is 2.21. The number of anilines is 1. The van der Waals surface area contributed by atoms with E-state index >= 15 is 0 Å².